The molecule has 31 heavy (non-hydrogen) atoms. The Balaban J connectivity index is 1.69. The van der Waals surface area contributed by atoms with Gasteiger partial charge in [0.15, 0.2) is 5.82 Å². The lowest BCUT2D eigenvalue weighted by molar-refractivity contribution is -0.137. The summed E-state index contributed by atoms with van der Waals surface area (Å²) in [6, 6.07) is 1.89. The van der Waals surface area contributed by atoms with Crippen LogP contribution < -0.4 is 15.8 Å². The number of piperazine rings is 1. The maximum atomic E-state index is 12.7. The number of halogens is 4. The molecule has 2 aromatic heterocycles. The summed E-state index contributed by atoms with van der Waals surface area (Å²) < 4.78 is 39.0. The maximum absolute atomic E-state index is 12.7. The molecule has 8 nitrogen and oxygen atoms in total. The van der Waals surface area contributed by atoms with Crippen LogP contribution in [0.4, 0.5) is 18.9 Å². The Bertz CT molecular complexity index is 972. The Morgan fingerprint density at radius 3 is 2.48 bits per heavy atom. The van der Waals surface area contributed by atoms with Crippen LogP contribution in [-0.4, -0.2) is 64.8 Å². The van der Waals surface area contributed by atoms with Crippen LogP contribution in [0, 0.1) is 0 Å². The summed E-state index contributed by atoms with van der Waals surface area (Å²) in [6.07, 6.45) is -1.61. The highest BCUT2D eigenvalue weighted by molar-refractivity contribution is 6.33. The van der Waals surface area contributed by atoms with E-state index in [1.54, 1.807) is 0 Å². The molecule has 12 heteroatoms. The van der Waals surface area contributed by atoms with Crippen LogP contribution >= 0.6 is 11.6 Å². The normalized spacial score (nSPS) is 15.2. The first-order chi connectivity index (χ1) is 14.7. The average molecular weight is 459 g/mol. The Kier molecular flexibility index (Phi) is 7.16. The fourth-order valence-corrected chi connectivity index (χ4v) is 3.41. The van der Waals surface area contributed by atoms with Crippen molar-refractivity contribution in [3.05, 3.63) is 45.5 Å². The van der Waals surface area contributed by atoms with Crippen LogP contribution in [0.25, 0.3) is 5.82 Å². The summed E-state index contributed by atoms with van der Waals surface area (Å²) in [6.45, 7) is 5.25. The minimum absolute atomic E-state index is 0.0263. The Labute approximate surface area is 181 Å². The van der Waals surface area contributed by atoms with E-state index >= 15 is 0 Å². The quantitative estimate of drug-likeness (QED) is 0.712. The van der Waals surface area contributed by atoms with E-state index in [2.05, 4.69) is 15.4 Å². The number of carbonyl (C=O) groups is 1. The summed E-state index contributed by atoms with van der Waals surface area (Å²) in [5.41, 5.74) is -1.16. The van der Waals surface area contributed by atoms with Crippen LogP contribution in [0.3, 0.4) is 0 Å². The first kappa shape index (κ1) is 23.0. The minimum atomic E-state index is -4.52. The van der Waals surface area contributed by atoms with Crippen molar-refractivity contribution in [2.45, 2.75) is 19.5 Å². The standard InChI is InChI=1S/C19H22ClF3N6O2/c1-2-5-24-16(30)12-27-6-8-28(9-7-27)14-11-26-29(18(31)17(14)20)15-4-3-13(10-25-15)19(21,22)23/h3-4,10-11H,2,5-9,12H2,1H3,(H,24,30). The highest BCUT2D eigenvalue weighted by Gasteiger charge is 2.31. The molecule has 1 N–H and O–H groups in total. The second-order valence-electron chi connectivity index (χ2n) is 7.08. The van der Waals surface area contributed by atoms with Gasteiger partial charge in [0.2, 0.25) is 5.91 Å². The van der Waals surface area contributed by atoms with Crippen LogP contribution in [0.2, 0.25) is 5.02 Å². The van der Waals surface area contributed by atoms with Gasteiger partial charge in [-0.1, -0.05) is 18.5 Å². The first-order valence-electron chi connectivity index (χ1n) is 9.76. The Morgan fingerprint density at radius 2 is 1.90 bits per heavy atom. The fourth-order valence-electron chi connectivity index (χ4n) is 3.16. The van der Waals surface area contributed by atoms with E-state index in [4.69, 9.17) is 11.6 Å². The molecule has 168 valence electrons. The fraction of sp³-hybridized carbons (Fsp3) is 0.474. The SMILES string of the molecule is CCCNC(=O)CN1CCN(c2cnn(-c3ccc(C(F)(F)F)cn3)c(=O)c2Cl)CC1. The topological polar surface area (TPSA) is 83.4 Å². The molecule has 1 amide bonds. The van der Waals surface area contributed by atoms with Gasteiger partial charge in [-0.25, -0.2) is 4.98 Å². The lowest BCUT2D eigenvalue weighted by Crippen LogP contribution is -2.50. The Morgan fingerprint density at radius 1 is 1.19 bits per heavy atom. The number of hydrogen-bond acceptors (Lipinski definition) is 6. The first-order valence-corrected chi connectivity index (χ1v) is 10.1. The van der Waals surface area contributed by atoms with Crippen molar-refractivity contribution in [3.63, 3.8) is 0 Å². The number of aromatic nitrogens is 3. The molecule has 0 saturated carbocycles. The monoisotopic (exact) mass is 458 g/mol. The summed E-state index contributed by atoms with van der Waals surface area (Å²) in [7, 11) is 0. The highest BCUT2D eigenvalue weighted by Crippen LogP contribution is 2.29. The largest absolute Gasteiger partial charge is 0.417 e. The summed E-state index contributed by atoms with van der Waals surface area (Å²) in [5, 5.41) is 6.78. The van der Waals surface area contributed by atoms with Crippen molar-refractivity contribution >= 4 is 23.2 Å². The number of anilines is 1. The number of alkyl halides is 3. The van der Waals surface area contributed by atoms with Crippen molar-refractivity contribution in [1.82, 2.24) is 25.0 Å². The maximum Gasteiger partial charge on any atom is 0.417 e. The van der Waals surface area contributed by atoms with Crippen LogP contribution in [0.15, 0.2) is 29.3 Å². The summed E-state index contributed by atoms with van der Waals surface area (Å²) in [5.74, 6) is -0.0870. The van der Waals surface area contributed by atoms with E-state index in [1.165, 1.54) is 6.20 Å². The highest BCUT2D eigenvalue weighted by atomic mass is 35.5. The number of nitrogens with zero attached hydrogens (tertiary/aromatic N) is 5. The van der Waals surface area contributed by atoms with E-state index in [1.807, 2.05) is 16.7 Å². The van der Waals surface area contributed by atoms with E-state index in [-0.39, 0.29) is 16.7 Å². The predicted molar refractivity (Wildman–Crippen MR) is 110 cm³/mol. The average Bonchev–Trinajstić information content (AvgIpc) is 2.74. The van der Waals surface area contributed by atoms with Crippen molar-refractivity contribution in [2.75, 3.05) is 44.2 Å². The molecule has 1 fully saturated rings. The number of amides is 1. The molecule has 1 aliphatic rings. The summed E-state index contributed by atoms with van der Waals surface area (Å²) >= 11 is 6.26. The number of rotatable bonds is 6. The summed E-state index contributed by atoms with van der Waals surface area (Å²) in [4.78, 5) is 32.1. The third kappa shape index (κ3) is 5.53. The van der Waals surface area contributed by atoms with Gasteiger partial charge in [-0.2, -0.15) is 23.0 Å². The molecule has 0 atom stereocenters. The molecule has 1 aliphatic heterocycles. The van der Waals surface area contributed by atoms with Gasteiger partial charge in [-0.3, -0.25) is 14.5 Å². The number of carbonyl (C=O) groups excluding carboxylic acids is 1. The molecule has 2 aromatic rings. The molecule has 0 radical (unpaired) electrons. The van der Waals surface area contributed by atoms with Crippen LogP contribution in [0.1, 0.15) is 18.9 Å². The van der Waals surface area contributed by atoms with Gasteiger partial charge >= 0.3 is 6.18 Å². The van der Waals surface area contributed by atoms with Crippen molar-refractivity contribution in [1.29, 1.82) is 0 Å². The van der Waals surface area contributed by atoms with E-state index in [0.29, 0.717) is 51.2 Å². The molecule has 0 aromatic carbocycles. The Hall–Kier alpha value is -2.66. The molecule has 3 heterocycles. The molecule has 0 aliphatic carbocycles. The minimum Gasteiger partial charge on any atom is -0.366 e. The van der Waals surface area contributed by atoms with E-state index < -0.39 is 17.3 Å². The van der Waals surface area contributed by atoms with Gasteiger partial charge in [0.1, 0.15) is 5.02 Å². The lowest BCUT2D eigenvalue weighted by Gasteiger charge is -2.35. The van der Waals surface area contributed by atoms with Crippen molar-refractivity contribution < 1.29 is 18.0 Å². The molecule has 0 spiro atoms. The van der Waals surface area contributed by atoms with E-state index in [0.717, 1.165) is 23.2 Å². The number of hydrogen-bond donors (Lipinski definition) is 1. The number of pyridine rings is 1. The van der Waals surface area contributed by atoms with E-state index in [9.17, 15) is 22.8 Å². The molecule has 3 rings (SSSR count). The third-order valence-electron chi connectivity index (χ3n) is 4.85. The second kappa shape index (κ2) is 9.65. The molecule has 0 unspecified atom stereocenters. The van der Waals surface area contributed by atoms with Crippen LogP contribution in [-0.2, 0) is 11.0 Å². The van der Waals surface area contributed by atoms with Gasteiger partial charge in [-0.15, -0.1) is 0 Å². The number of nitrogens with one attached hydrogen (secondary N) is 1. The molecular formula is C19H22ClF3N6O2. The second-order valence-corrected chi connectivity index (χ2v) is 7.45. The zero-order valence-electron chi connectivity index (χ0n) is 16.8. The zero-order chi connectivity index (χ0) is 22.6. The molecular weight excluding hydrogens is 437 g/mol. The smallest absolute Gasteiger partial charge is 0.366 e. The third-order valence-corrected chi connectivity index (χ3v) is 5.20. The van der Waals surface area contributed by atoms with Crippen LogP contribution in [0.5, 0.6) is 0 Å². The van der Waals surface area contributed by atoms with Gasteiger partial charge in [0.25, 0.3) is 5.56 Å². The van der Waals surface area contributed by atoms with Gasteiger partial charge in [0.05, 0.1) is 24.0 Å². The molecule has 0 bridgehead atoms. The van der Waals surface area contributed by atoms with Gasteiger partial charge in [-0.05, 0) is 18.6 Å². The molecule has 1 saturated heterocycles. The van der Waals surface area contributed by atoms with Gasteiger partial charge in [0, 0.05) is 38.9 Å². The van der Waals surface area contributed by atoms with Gasteiger partial charge < -0.3 is 10.2 Å². The lowest BCUT2D eigenvalue weighted by atomic mass is 10.2. The predicted octanol–water partition coefficient (Wildman–Crippen LogP) is 1.95. The van der Waals surface area contributed by atoms with Crippen molar-refractivity contribution in [3.8, 4) is 5.82 Å². The van der Waals surface area contributed by atoms with Crippen molar-refractivity contribution in [2.24, 2.45) is 0 Å². The zero-order valence-corrected chi connectivity index (χ0v) is 17.6.